The van der Waals surface area contributed by atoms with Crippen molar-refractivity contribution in [2.24, 2.45) is 16.8 Å². The number of amides is 2. The zero-order valence-corrected chi connectivity index (χ0v) is 49.2. The van der Waals surface area contributed by atoms with Crippen LogP contribution in [0.1, 0.15) is 119 Å². The normalized spacial score (nSPS) is 30.2. The zero-order chi connectivity index (χ0) is 60.9. The number of esters is 1. The molecule has 24 nitrogen and oxygen atoms in total. The van der Waals surface area contributed by atoms with Gasteiger partial charge in [-0.2, -0.15) is 0 Å². The molecule has 87 heavy (non-hydrogen) atoms. The topological polar surface area (TPSA) is 309 Å². The zero-order valence-electron chi connectivity index (χ0n) is 49.2. The van der Waals surface area contributed by atoms with Crippen LogP contribution >= 0.6 is 0 Å². The lowest BCUT2D eigenvalue weighted by Gasteiger charge is -2.38. The maximum Gasteiger partial charge on any atom is 0.410 e. The third kappa shape index (κ3) is 16.6. The first-order chi connectivity index (χ1) is 42.1. The number of benzene rings is 3. The number of carbonyl (C=O) groups excluding carboxylic acids is 5. The molecule has 24 heteroatoms. The Labute approximate surface area is 506 Å². The van der Waals surface area contributed by atoms with Crippen LogP contribution < -0.4 is 5.73 Å². The number of ether oxygens (including phenoxy) is 11. The molecule has 5 aliphatic carbocycles. The van der Waals surface area contributed by atoms with Crippen LogP contribution in [0.2, 0.25) is 0 Å². The van der Waals surface area contributed by atoms with Gasteiger partial charge in [0.25, 0.3) is 0 Å². The molecule has 3 aromatic carbocycles. The standard InChI is InChI=1S/C17H22O5.C16H19NO4.C14H15NO3.C8H11N3O3.C8H15NO3/c18-15-6-7-17(21-8-9-22-17)11-14(15)10-16(19)20-12-13-4-2-1-3-5-13;18-15-17(11-12-4-2-1-3-5-12)13-10-16(19-8-9-20-16)7-6-14(13)21-15;16-11-6-7-13-12(8-11)15(14(17)18-13)9-10-4-2-1-3-5-10;9-11-10-6-5-8(2-1-7(6)12)13-3-4-14-8;9-6-5-8(2-1-7(6)10)11-3-4-12-8/h1-5,14-15,18H,6-12H2;1-5,13-14H,6-11H2;1-5,12-13H,6-9H2;6H,1-5H2;6-7,10H,1-5,9H2. The van der Waals surface area contributed by atoms with Crippen LogP contribution in [0.15, 0.2) is 96.1 Å². The van der Waals surface area contributed by atoms with Crippen molar-refractivity contribution in [2.45, 2.75) is 194 Å². The van der Waals surface area contributed by atoms with E-state index in [1.807, 2.05) is 95.9 Å². The van der Waals surface area contributed by atoms with Crippen molar-refractivity contribution in [2.75, 3.05) is 52.9 Å². The molecule has 6 saturated heterocycles. The highest BCUT2D eigenvalue weighted by atomic mass is 16.8. The predicted octanol–water partition coefficient (Wildman–Crippen LogP) is 7.22. The van der Waals surface area contributed by atoms with Crippen LogP contribution in [0.4, 0.5) is 9.59 Å². The number of aliphatic hydroxyl groups excluding tert-OH is 2. The fraction of sp³-hybridized carbons (Fsp3) is 0.635. The van der Waals surface area contributed by atoms with E-state index >= 15 is 0 Å². The van der Waals surface area contributed by atoms with E-state index in [-0.39, 0.29) is 85.1 Å². The number of ketones is 2. The highest BCUT2D eigenvalue weighted by molar-refractivity contribution is 5.85. The maximum absolute atomic E-state index is 12.2. The minimum atomic E-state index is -0.660. The van der Waals surface area contributed by atoms with Gasteiger partial charge in [-0.3, -0.25) is 24.2 Å². The number of hydrogen-bond acceptors (Lipinski definition) is 20. The van der Waals surface area contributed by atoms with E-state index in [0.717, 1.165) is 36.0 Å². The van der Waals surface area contributed by atoms with Crippen molar-refractivity contribution in [1.29, 1.82) is 0 Å². The van der Waals surface area contributed by atoms with Crippen LogP contribution in [0.5, 0.6) is 0 Å². The lowest BCUT2D eigenvalue weighted by molar-refractivity contribution is -0.204. The Hall–Kier alpha value is -6.12. The van der Waals surface area contributed by atoms with E-state index in [2.05, 4.69) is 10.0 Å². The number of nitrogens with two attached hydrogens (primary N) is 1. The number of aliphatic hydroxyl groups is 2. The molecule has 3 aromatic rings. The Bertz CT molecular complexity index is 2810. The molecule has 11 aliphatic rings. The Balaban J connectivity index is 0.000000122. The number of rotatable bonds is 9. The molecule has 0 aromatic heterocycles. The van der Waals surface area contributed by atoms with E-state index in [9.17, 15) is 34.2 Å². The number of hydrogen-bond donors (Lipinski definition) is 3. The van der Waals surface area contributed by atoms with Crippen molar-refractivity contribution in [3.05, 3.63) is 118 Å². The molecule has 4 N–H and O–H groups in total. The van der Waals surface area contributed by atoms with Gasteiger partial charge in [0.2, 0.25) is 0 Å². The second-order valence-corrected chi connectivity index (χ2v) is 23.9. The van der Waals surface area contributed by atoms with E-state index in [1.54, 1.807) is 4.90 Å². The minimum Gasteiger partial charge on any atom is -0.461 e. The van der Waals surface area contributed by atoms with Crippen LogP contribution in [0.25, 0.3) is 10.4 Å². The van der Waals surface area contributed by atoms with Gasteiger partial charge in [0.05, 0.1) is 83.6 Å². The van der Waals surface area contributed by atoms with Crippen LogP contribution in [-0.4, -0.2) is 174 Å². The summed E-state index contributed by atoms with van der Waals surface area (Å²) in [6.07, 6.45) is 7.82. The van der Waals surface area contributed by atoms with Crippen molar-refractivity contribution >= 4 is 29.7 Å². The molecule has 5 saturated carbocycles. The summed E-state index contributed by atoms with van der Waals surface area (Å²) in [7, 11) is 0. The molecular formula is C63H82N6O18. The fourth-order valence-corrected chi connectivity index (χ4v) is 13.4. The van der Waals surface area contributed by atoms with E-state index in [4.69, 9.17) is 63.4 Å². The summed E-state index contributed by atoms with van der Waals surface area (Å²) in [5.74, 6) is -2.46. The molecule has 0 bridgehead atoms. The minimum absolute atomic E-state index is 0.0208. The molecule has 14 rings (SSSR count). The summed E-state index contributed by atoms with van der Waals surface area (Å²) in [4.78, 5) is 65.1. The van der Waals surface area contributed by atoms with Crippen molar-refractivity contribution in [3.8, 4) is 0 Å². The summed E-state index contributed by atoms with van der Waals surface area (Å²) in [6, 6.07) is 28.5. The molecule has 9 unspecified atom stereocenters. The number of fused-ring (bicyclic) bond motifs is 2. The average Bonchev–Trinajstić information content (AvgIpc) is 2.06. The second kappa shape index (κ2) is 29.5. The largest absolute Gasteiger partial charge is 0.461 e. The van der Waals surface area contributed by atoms with Crippen molar-refractivity contribution < 1.29 is 86.3 Å². The van der Waals surface area contributed by atoms with Gasteiger partial charge in [-0.05, 0) is 47.9 Å². The highest BCUT2D eigenvalue weighted by Crippen LogP contribution is 2.44. The average molecular weight is 1210 g/mol. The first kappa shape index (κ1) is 63.9. The second-order valence-electron chi connectivity index (χ2n) is 23.9. The molecule has 2 amide bonds. The Morgan fingerprint density at radius 1 is 0.575 bits per heavy atom. The molecule has 6 heterocycles. The van der Waals surface area contributed by atoms with Gasteiger partial charge >= 0.3 is 18.2 Å². The Kier molecular flexibility index (Phi) is 21.6. The molecule has 4 spiro atoms. The van der Waals surface area contributed by atoms with Crippen LogP contribution in [0, 0.1) is 5.92 Å². The van der Waals surface area contributed by atoms with E-state index in [0.29, 0.717) is 143 Å². The summed E-state index contributed by atoms with van der Waals surface area (Å²) < 4.78 is 61.0. The van der Waals surface area contributed by atoms with Gasteiger partial charge in [-0.1, -0.05) is 96.1 Å². The summed E-state index contributed by atoms with van der Waals surface area (Å²) in [5, 5.41) is 23.0. The van der Waals surface area contributed by atoms with E-state index < -0.39 is 35.3 Å². The molecule has 0 radical (unpaired) electrons. The van der Waals surface area contributed by atoms with Gasteiger partial charge in [-0.15, -0.1) is 0 Å². The van der Waals surface area contributed by atoms with Crippen molar-refractivity contribution in [1.82, 2.24) is 9.80 Å². The first-order valence-corrected chi connectivity index (χ1v) is 30.7. The maximum atomic E-state index is 12.2. The Morgan fingerprint density at radius 2 is 1.03 bits per heavy atom. The summed E-state index contributed by atoms with van der Waals surface area (Å²) >= 11 is 0. The molecule has 472 valence electrons. The molecular weight excluding hydrogens is 1130 g/mol. The first-order valence-electron chi connectivity index (χ1n) is 30.7. The van der Waals surface area contributed by atoms with Gasteiger partial charge in [-0.25, -0.2) is 9.59 Å². The molecule has 9 atom stereocenters. The van der Waals surface area contributed by atoms with Gasteiger partial charge in [0, 0.05) is 101 Å². The van der Waals surface area contributed by atoms with Gasteiger partial charge in [0.1, 0.15) is 36.4 Å². The molecule has 11 fully saturated rings. The number of nitrogens with zero attached hydrogens (tertiary/aromatic N) is 5. The van der Waals surface area contributed by atoms with Crippen LogP contribution in [-0.2, 0) is 86.2 Å². The van der Waals surface area contributed by atoms with Gasteiger partial charge < -0.3 is 68.1 Å². The van der Waals surface area contributed by atoms with Crippen molar-refractivity contribution in [3.63, 3.8) is 0 Å². The smallest absolute Gasteiger partial charge is 0.410 e. The lowest BCUT2D eigenvalue weighted by Crippen LogP contribution is -2.49. The summed E-state index contributed by atoms with van der Waals surface area (Å²) in [5.41, 5.74) is 17.1. The highest BCUT2D eigenvalue weighted by Gasteiger charge is 2.53. The van der Waals surface area contributed by atoms with Crippen LogP contribution in [0.3, 0.4) is 0 Å². The Morgan fingerprint density at radius 3 is 1.56 bits per heavy atom. The third-order valence-corrected chi connectivity index (χ3v) is 18.0. The monoisotopic (exact) mass is 1210 g/mol. The van der Waals surface area contributed by atoms with Gasteiger partial charge in [0.15, 0.2) is 23.1 Å². The molecule has 6 aliphatic heterocycles. The third-order valence-electron chi connectivity index (χ3n) is 18.0. The number of azide groups is 1. The quantitative estimate of drug-likeness (QED) is 0.0626. The number of carbonyl (C=O) groups is 5. The predicted molar refractivity (Wildman–Crippen MR) is 307 cm³/mol. The van der Waals surface area contributed by atoms with E-state index in [1.165, 1.54) is 0 Å². The SMILES string of the molecule is NC1CC2(CCC1O)OCCO2.O=C(CC1CC2(CCC1O)OCCO2)OCc1ccccc1.O=C1CCC2OC(=O)N(Cc3ccccc3)C2C1.O=C1OC2CCC3(CC2N1Cc1ccccc1)OCCO3.[N-]=[N+]=NC1CC2(CCC1=O)OCCO2. The number of Topliss-reactive ketones (excluding diaryl/α,β-unsaturated/α-hetero) is 2. The summed E-state index contributed by atoms with van der Waals surface area (Å²) in [6.45, 7) is 6.24. The lowest BCUT2D eigenvalue weighted by atomic mass is 9.80. The fourth-order valence-electron chi connectivity index (χ4n) is 13.4.